The van der Waals surface area contributed by atoms with Crippen LogP contribution in [0.1, 0.15) is 60.8 Å². The van der Waals surface area contributed by atoms with Gasteiger partial charge in [0.15, 0.2) is 0 Å². The Bertz CT molecular complexity index is 730. The fourth-order valence-electron chi connectivity index (χ4n) is 4.19. The fourth-order valence-corrected chi connectivity index (χ4v) is 4.19. The third kappa shape index (κ3) is 6.19. The number of carbonyl (C=O) groups excluding carboxylic acids is 2. The van der Waals surface area contributed by atoms with Gasteiger partial charge in [-0.2, -0.15) is 13.2 Å². The Kier molecular flexibility index (Phi) is 7.16. The SMILES string of the molecule is O=C(CCCCNCCC(F)(F)F)NC(=O)Nc1c2c(cc3c1CCC3)CCC2. The molecule has 0 saturated heterocycles. The van der Waals surface area contributed by atoms with E-state index >= 15 is 0 Å². The van der Waals surface area contributed by atoms with Crippen LogP contribution in [0.3, 0.4) is 0 Å². The highest BCUT2D eigenvalue weighted by atomic mass is 19.4. The topological polar surface area (TPSA) is 70.2 Å². The number of alkyl halides is 3. The fraction of sp³-hybridized carbons (Fsp3) is 0.619. The molecule has 0 aromatic heterocycles. The summed E-state index contributed by atoms with van der Waals surface area (Å²) in [7, 11) is 0. The molecule has 3 amide bonds. The number of aryl methyl sites for hydroxylation is 2. The summed E-state index contributed by atoms with van der Waals surface area (Å²) in [6, 6.07) is 1.77. The predicted molar refractivity (Wildman–Crippen MR) is 105 cm³/mol. The van der Waals surface area contributed by atoms with Gasteiger partial charge in [-0.1, -0.05) is 6.07 Å². The van der Waals surface area contributed by atoms with Gasteiger partial charge in [0.05, 0.1) is 6.42 Å². The molecule has 0 radical (unpaired) electrons. The van der Waals surface area contributed by atoms with E-state index in [1.165, 1.54) is 22.3 Å². The van der Waals surface area contributed by atoms with Crippen molar-refractivity contribution in [2.24, 2.45) is 0 Å². The van der Waals surface area contributed by atoms with Crippen LogP contribution in [-0.4, -0.2) is 31.2 Å². The van der Waals surface area contributed by atoms with E-state index in [-0.39, 0.29) is 18.9 Å². The van der Waals surface area contributed by atoms with Gasteiger partial charge in [-0.15, -0.1) is 0 Å². The maximum Gasteiger partial charge on any atom is 0.390 e. The number of nitrogens with one attached hydrogen (secondary N) is 3. The van der Waals surface area contributed by atoms with E-state index in [9.17, 15) is 22.8 Å². The van der Waals surface area contributed by atoms with E-state index < -0.39 is 18.6 Å². The number of anilines is 1. The van der Waals surface area contributed by atoms with Gasteiger partial charge in [0, 0.05) is 18.7 Å². The summed E-state index contributed by atoms with van der Waals surface area (Å²) in [5, 5.41) is 8.00. The molecular weight excluding hydrogens is 383 g/mol. The lowest BCUT2D eigenvalue weighted by Gasteiger charge is -2.16. The number of hydrogen-bond donors (Lipinski definition) is 3. The highest BCUT2D eigenvalue weighted by molar-refractivity contribution is 6.02. The van der Waals surface area contributed by atoms with Gasteiger partial charge in [-0.25, -0.2) is 4.79 Å². The molecule has 2 aliphatic carbocycles. The average Bonchev–Trinajstić information content (AvgIpc) is 3.28. The molecule has 5 nitrogen and oxygen atoms in total. The lowest BCUT2D eigenvalue weighted by Crippen LogP contribution is -2.34. The first-order valence-corrected chi connectivity index (χ1v) is 10.4. The van der Waals surface area contributed by atoms with Crippen LogP contribution in [0.15, 0.2) is 6.07 Å². The molecule has 0 bridgehead atoms. The van der Waals surface area contributed by atoms with Gasteiger partial charge in [-0.05, 0) is 80.2 Å². The van der Waals surface area contributed by atoms with Crippen molar-refractivity contribution in [3.05, 3.63) is 28.3 Å². The standard InChI is InChI=1S/C21H28F3N3O2/c22-21(23,24)10-12-25-11-2-1-9-18(28)26-20(29)27-19-16-7-3-5-14(16)13-15-6-4-8-17(15)19/h13,25H,1-12H2,(H2,26,27,28,29). The molecule has 3 rings (SSSR count). The lowest BCUT2D eigenvalue weighted by atomic mass is 9.99. The summed E-state index contributed by atoms with van der Waals surface area (Å²) in [5.74, 6) is -0.373. The summed E-state index contributed by atoms with van der Waals surface area (Å²) < 4.78 is 36.1. The summed E-state index contributed by atoms with van der Waals surface area (Å²) in [5.41, 5.74) is 5.93. The van der Waals surface area contributed by atoms with Crippen LogP contribution < -0.4 is 16.0 Å². The zero-order valence-electron chi connectivity index (χ0n) is 16.5. The summed E-state index contributed by atoms with van der Waals surface area (Å²) in [6.07, 6.45) is 2.39. The lowest BCUT2D eigenvalue weighted by molar-refractivity contribution is -0.133. The smallest absolute Gasteiger partial charge is 0.316 e. The number of halogens is 3. The first kappa shape index (κ1) is 21.6. The van der Waals surface area contributed by atoms with Gasteiger partial charge >= 0.3 is 12.2 Å². The van der Waals surface area contributed by atoms with E-state index in [4.69, 9.17) is 0 Å². The Balaban J connectivity index is 1.40. The third-order valence-corrected chi connectivity index (χ3v) is 5.56. The van der Waals surface area contributed by atoms with Crippen LogP contribution in [0.5, 0.6) is 0 Å². The van der Waals surface area contributed by atoms with Crippen molar-refractivity contribution >= 4 is 17.6 Å². The van der Waals surface area contributed by atoms with Crippen molar-refractivity contribution in [1.29, 1.82) is 0 Å². The Hall–Kier alpha value is -2.09. The minimum Gasteiger partial charge on any atom is -0.316 e. The molecule has 160 valence electrons. The molecule has 0 heterocycles. The van der Waals surface area contributed by atoms with E-state index in [2.05, 4.69) is 22.0 Å². The number of unbranched alkanes of at least 4 members (excludes halogenated alkanes) is 1. The highest BCUT2D eigenvalue weighted by Gasteiger charge is 2.26. The van der Waals surface area contributed by atoms with Gasteiger partial charge < -0.3 is 10.6 Å². The molecule has 0 atom stereocenters. The summed E-state index contributed by atoms with van der Waals surface area (Å²) in [4.78, 5) is 24.3. The van der Waals surface area contributed by atoms with Crippen LogP contribution >= 0.6 is 0 Å². The molecule has 0 spiro atoms. The van der Waals surface area contributed by atoms with Crippen LogP contribution in [-0.2, 0) is 30.5 Å². The van der Waals surface area contributed by atoms with E-state index in [1.54, 1.807) is 0 Å². The van der Waals surface area contributed by atoms with E-state index in [0.717, 1.165) is 44.2 Å². The Morgan fingerprint density at radius 3 is 2.21 bits per heavy atom. The Labute approximate surface area is 168 Å². The number of fused-ring (bicyclic) bond motifs is 2. The molecule has 29 heavy (non-hydrogen) atoms. The molecule has 0 saturated carbocycles. The first-order valence-electron chi connectivity index (χ1n) is 10.4. The Morgan fingerprint density at radius 2 is 1.59 bits per heavy atom. The summed E-state index contributed by atoms with van der Waals surface area (Å²) in [6.45, 7) is 0.293. The molecule has 8 heteroatoms. The van der Waals surface area contributed by atoms with E-state index in [1.807, 2.05) is 0 Å². The number of hydrogen-bond acceptors (Lipinski definition) is 3. The maximum absolute atomic E-state index is 12.3. The van der Waals surface area contributed by atoms with Crippen molar-refractivity contribution < 1.29 is 22.8 Å². The number of carbonyl (C=O) groups is 2. The van der Waals surface area contributed by atoms with Crippen LogP contribution in [0.4, 0.5) is 23.7 Å². The molecule has 1 aromatic rings. The van der Waals surface area contributed by atoms with Crippen molar-refractivity contribution in [1.82, 2.24) is 10.6 Å². The van der Waals surface area contributed by atoms with Gasteiger partial charge in [0.1, 0.15) is 0 Å². The third-order valence-electron chi connectivity index (χ3n) is 5.56. The minimum absolute atomic E-state index is 0.121. The number of imide groups is 1. The van der Waals surface area contributed by atoms with Crippen LogP contribution in [0.25, 0.3) is 0 Å². The predicted octanol–water partition coefficient (Wildman–Crippen LogP) is 4.02. The number of rotatable bonds is 8. The van der Waals surface area contributed by atoms with Crippen molar-refractivity contribution in [3.63, 3.8) is 0 Å². The normalized spacial score (nSPS) is 15.1. The zero-order valence-corrected chi connectivity index (χ0v) is 16.5. The molecular formula is C21H28F3N3O2. The average molecular weight is 411 g/mol. The highest BCUT2D eigenvalue weighted by Crippen LogP contribution is 2.38. The van der Waals surface area contributed by atoms with E-state index in [0.29, 0.717) is 19.4 Å². The monoisotopic (exact) mass is 411 g/mol. The second kappa shape index (κ2) is 9.61. The second-order valence-corrected chi connectivity index (χ2v) is 7.81. The van der Waals surface area contributed by atoms with Gasteiger partial charge in [-0.3, -0.25) is 10.1 Å². The van der Waals surface area contributed by atoms with Crippen LogP contribution in [0.2, 0.25) is 0 Å². The van der Waals surface area contributed by atoms with Crippen molar-refractivity contribution in [3.8, 4) is 0 Å². The first-order chi connectivity index (χ1) is 13.8. The molecule has 0 unspecified atom stereocenters. The maximum atomic E-state index is 12.3. The van der Waals surface area contributed by atoms with Crippen molar-refractivity contribution in [2.75, 3.05) is 18.4 Å². The Morgan fingerprint density at radius 1 is 0.931 bits per heavy atom. The largest absolute Gasteiger partial charge is 0.390 e. The number of urea groups is 1. The van der Waals surface area contributed by atoms with Gasteiger partial charge in [0.2, 0.25) is 5.91 Å². The second-order valence-electron chi connectivity index (χ2n) is 7.81. The summed E-state index contributed by atoms with van der Waals surface area (Å²) >= 11 is 0. The molecule has 3 N–H and O–H groups in total. The quantitative estimate of drug-likeness (QED) is 0.566. The number of amides is 3. The van der Waals surface area contributed by atoms with Crippen LogP contribution in [0, 0.1) is 0 Å². The van der Waals surface area contributed by atoms with Gasteiger partial charge in [0.25, 0.3) is 0 Å². The zero-order chi connectivity index (χ0) is 20.9. The molecule has 0 fully saturated rings. The van der Waals surface area contributed by atoms with Crippen molar-refractivity contribution in [2.45, 2.75) is 70.4 Å². The minimum atomic E-state index is -4.15. The molecule has 0 aliphatic heterocycles. The number of benzene rings is 1. The molecule has 2 aliphatic rings. The molecule has 1 aromatic carbocycles.